The lowest BCUT2D eigenvalue weighted by atomic mass is 10.1. The summed E-state index contributed by atoms with van der Waals surface area (Å²) in [7, 11) is 3.07. The molecule has 126 valence electrons. The maximum atomic E-state index is 12.0. The van der Waals surface area contributed by atoms with Gasteiger partial charge in [0.1, 0.15) is 11.5 Å². The summed E-state index contributed by atoms with van der Waals surface area (Å²) in [5.41, 5.74) is 5.87. The second-order valence-electron chi connectivity index (χ2n) is 4.86. The molecule has 0 spiro atoms. The first-order valence-electron chi connectivity index (χ1n) is 7.09. The minimum absolute atomic E-state index is 0.0426. The maximum Gasteiger partial charge on any atom is 0.269 e. The lowest BCUT2D eigenvalue weighted by molar-refractivity contribution is -0.121. The minimum atomic E-state index is -0.395. The largest absolute Gasteiger partial charge is 0.497 e. The molecule has 2 N–H and O–H groups in total. The Labute approximate surface area is 148 Å². The monoisotopic (exact) mass is 392 g/mol. The van der Waals surface area contributed by atoms with Crippen LogP contribution in [0, 0.1) is 0 Å². The Bertz CT molecular complexity index is 732. The molecular formula is C17H17BrN2O4. The molecule has 2 aromatic rings. The average Bonchev–Trinajstić information content (AvgIpc) is 2.60. The molecule has 2 rings (SSSR count). The van der Waals surface area contributed by atoms with E-state index in [1.165, 1.54) is 7.11 Å². The maximum absolute atomic E-state index is 12.0. The van der Waals surface area contributed by atoms with E-state index in [0.29, 0.717) is 22.6 Å². The zero-order valence-corrected chi connectivity index (χ0v) is 14.8. The number of carbonyl (C=O) groups is 2. The second-order valence-corrected chi connectivity index (χ2v) is 5.78. The number of methoxy groups -OCH3 is 2. The van der Waals surface area contributed by atoms with Crippen molar-refractivity contribution in [3.63, 3.8) is 0 Å². The number of hydrazine groups is 1. The van der Waals surface area contributed by atoms with E-state index in [1.807, 2.05) is 0 Å². The number of halogens is 1. The third kappa shape index (κ3) is 4.73. The van der Waals surface area contributed by atoms with Crippen molar-refractivity contribution in [2.45, 2.75) is 6.42 Å². The lowest BCUT2D eigenvalue weighted by Gasteiger charge is -2.11. The van der Waals surface area contributed by atoms with Crippen molar-refractivity contribution in [2.75, 3.05) is 14.2 Å². The summed E-state index contributed by atoms with van der Waals surface area (Å²) in [4.78, 5) is 24.0. The van der Waals surface area contributed by atoms with Gasteiger partial charge in [0, 0.05) is 15.6 Å². The quantitative estimate of drug-likeness (QED) is 0.766. The van der Waals surface area contributed by atoms with E-state index in [9.17, 15) is 9.59 Å². The van der Waals surface area contributed by atoms with E-state index >= 15 is 0 Å². The molecule has 0 atom stereocenters. The molecule has 0 unspecified atom stereocenters. The van der Waals surface area contributed by atoms with Crippen LogP contribution in [0.2, 0.25) is 0 Å². The first kappa shape index (κ1) is 17.8. The molecule has 0 heterocycles. The Morgan fingerprint density at radius 2 is 1.71 bits per heavy atom. The molecule has 0 aliphatic heterocycles. The fraction of sp³-hybridized carbons (Fsp3) is 0.176. The van der Waals surface area contributed by atoms with Crippen LogP contribution < -0.4 is 20.3 Å². The summed E-state index contributed by atoms with van der Waals surface area (Å²) >= 11 is 3.30. The highest BCUT2D eigenvalue weighted by Crippen LogP contribution is 2.24. The molecule has 7 heteroatoms. The van der Waals surface area contributed by atoms with E-state index in [0.717, 1.165) is 4.47 Å². The standard InChI is InChI=1S/C17H17BrN2O4/c1-23-14-7-8-15(24-2)12(9-14)10-16(21)19-20-17(22)11-3-5-13(18)6-4-11/h3-9H,10H2,1-2H3,(H,19,21)(H,20,22). The molecule has 0 bridgehead atoms. The summed E-state index contributed by atoms with van der Waals surface area (Å²) in [5.74, 6) is 0.433. The Hall–Kier alpha value is -2.54. The van der Waals surface area contributed by atoms with Crippen LogP contribution in [0.15, 0.2) is 46.9 Å². The van der Waals surface area contributed by atoms with Gasteiger partial charge >= 0.3 is 0 Å². The van der Waals surface area contributed by atoms with Crippen LogP contribution in [0.4, 0.5) is 0 Å². The highest BCUT2D eigenvalue weighted by atomic mass is 79.9. The Morgan fingerprint density at radius 1 is 1.00 bits per heavy atom. The number of rotatable bonds is 5. The number of hydrogen-bond donors (Lipinski definition) is 2. The Kier molecular flexibility index (Phi) is 6.20. The predicted molar refractivity (Wildman–Crippen MR) is 93.0 cm³/mol. The number of carbonyl (C=O) groups excluding carboxylic acids is 2. The lowest BCUT2D eigenvalue weighted by Crippen LogP contribution is -2.42. The van der Waals surface area contributed by atoms with Gasteiger partial charge in [0.15, 0.2) is 0 Å². The van der Waals surface area contributed by atoms with Crippen molar-refractivity contribution in [2.24, 2.45) is 0 Å². The van der Waals surface area contributed by atoms with Crippen molar-refractivity contribution in [3.8, 4) is 11.5 Å². The van der Waals surface area contributed by atoms with Crippen LogP contribution >= 0.6 is 15.9 Å². The summed E-state index contributed by atoms with van der Waals surface area (Å²) in [6.45, 7) is 0. The smallest absolute Gasteiger partial charge is 0.269 e. The highest BCUT2D eigenvalue weighted by molar-refractivity contribution is 9.10. The average molecular weight is 393 g/mol. The van der Waals surface area contributed by atoms with Crippen LogP contribution in [0.25, 0.3) is 0 Å². The zero-order valence-electron chi connectivity index (χ0n) is 13.3. The van der Waals surface area contributed by atoms with Crippen molar-refractivity contribution >= 4 is 27.7 Å². The highest BCUT2D eigenvalue weighted by Gasteiger charge is 2.12. The fourth-order valence-corrected chi connectivity index (χ4v) is 2.30. The molecule has 0 saturated heterocycles. The molecule has 0 aliphatic rings. The zero-order chi connectivity index (χ0) is 17.5. The normalized spacial score (nSPS) is 9.96. The summed E-state index contributed by atoms with van der Waals surface area (Å²) in [5, 5.41) is 0. The van der Waals surface area contributed by atoms with Crippen LogP contribution in [-0.4, -0.2) is 26.0 Å². The van der Waals surface area contributed by atoms with Gasteiger partial charge in [-0.3, -0.25) is 20.4 Å². The Morgan fingerprint density at radius 3 is 2.33 bits per heavy atom. The molecule has 6 nitrogen and oxygen atoms in total. The van der Waals surface area contributed by atoms with E-state index < -0.39 is 5.91 Å². The van der Waals surface area contributed by atoms with E-state index in [4.69, 9.17) is 9.47 Å². The molecule has 0 aliphatic carbocycles. The number of hydrogen-bond acceptors (Lipinski definition) is 4. The minimum Gasteiger partial charge on any atom is -0.497 e. The summed E-state index contributed by atoms with van der Waals surface area (Å²) in [6, 6.07) is 12.0. The van der Waals surface area contributed by atoms with Crippen LogP contribution in [0.5, 0.6) is 11.5 Å². The number of amides is 2. The summed E-state index contributed by atoms with van der Waals surface area (Å²) in [6.07, 6.45) is 0.0426. The van der Waals surface area contributed by atoms with Gasteiger partial charge in [0.2, 0.25) is 5.91 Å². The van der Waals surface area contributed by atoms with Crippen molar-refractivity contribution < 1.29 is 19.1 Å². The van der Waals surface area contributed by atoms with Crippen molar-refractivity contribution in [3.05, 3.63) is 58.1 Å². The molecule has 2 amide bonds. The number of benzene rings is 2. The second kappa shape index (κ2) is 8.35. The van der Waals surface area contributed by atoms with E-state index in [1.54, 1.807) is 49.6 Å². The van der Waals surface area contributed by atoms with Crippen LogP contribution in [0.3, 0.4) is 0 Å². The molecule has 2 aromatic carbocycles. The summed E-state index contributed by atoms with van der Waals surface area (Å²) < 4.78 is 11.2. The van der Waals surface area contributed by atoms with Crippen LogP contribution in [0.1, 0.15) is 15.9 Å². The SMILES string of the molecule is COc1ccc(OC)c(CC(=O)NNC(=O)c2ccc(Br)cc2)c1. The van der Waals surface area contributed by atoms with Crippen molar-refractivity contribution in [1.82, 2.24) is 10.9 Å². The van der Waals surface area contributed by atoms with Gasteiger partial charge < -0.3 is 9.47 Å². The first-order chi connectivity index (χ1) is 11.5. The number of nitrogens with one attached hydrogen (secondary N) is 2. The molecule has 0 radical (unpaired) electrons. The fourth-order valence-electron chi connectivity index (χ4n) is 2.04. The van der Waals surface area contributed by atoms with Gasteiger partial charge in [0.25, 0.3) is 5.91 Å². The molecular weight excluding hydrogens is 376 g/mol. The first-order valence-corrected chi connectivity index (χ1v) is 7.88. The Balaban J connectivity index is 1.96. The van der Waals surface area contributed by atoms with Gasteiger partial charge in [-0.2, -0.15) is 0 Å². The van der Waals surface area contributed by atoms with Crippen molar-refractivity contribution in [1.29, 1.82) is 0 Å². The van der Waals surface area contributed by atoms with Gasteiger partial charge in [-0.1, -0.05) is 15.9 Å². The van der Waals surface area contributed by atoms with Gasteiger partial charge in [-0.05, 0) is 42.5 Å². The predicted octanol–water partition coefficient (Wildman–Crippen LogP) is 2.47. The number of ether oxygens (including phenoxy) is 2. The van der Waals surface area contributed by atoms with E-state index in [-0.39, 0.29) is 12.3 Å². The van der Waals surface area contributed by atoms with Gasteiger partial charge in [-0.15, -0.1) is 0 Å². The third-order valence-corrected chi connectivity index (χ3v) is 3.79. The molecule has 0 saturated carbocycles. The molecule has 0 aromatic heterocycles. The third-order valence-electron chi connectivity index (χ3n) is 3.26. The molecule has 0 fully saturated rings. The van der Waals surface area contributed by atoms with Crippen LogP contribution in [-0.2, 0) is 11.2 Å². The topological polar surface area (TPSA) is 76.7 Å². The van der Waals surface area contributed by atoms with Gasteiger partial charge in [0.05, 0.1) is 20.6 Å². The van der Waals surface area contributed by atoms with E-state index in [2.05, 4.69) is 26.8 Å². The molecule has 24 heavy (non-hydrogen) atoms. The van der Waals surface area contributed by atoms with Gasteiger partial charge in [-0.25, -0.2) is 0 Å².